The standard InChI is InChI=1S/C34H45NOS4/c1-8-18-34(7,19-17-23(2)3)33-16-15-32(40-33)31-14-13-30(39-31)29-12-11-28(38-29)27-10-9-26(37-27)25(6)35-20-21-36-22-24(4)5/h9-16,23-24,35H,6,8,17-22H2,1-5,7H3. The Hall–Kier alpha value is -1.70. The Labute approximate surface area is 258 Å². The molecule has 2 nitrogen and oxygen atoms in total. The summed E-state index contributed by atoms with van der Waals surface area (Å²) in [6.45, 7) is 20.3. The summed E-state index contributed by atoms with van der Waals surface area (Å²) >= 11 is 7.60. The lowest BCUT2D eigenvalue weighted by Crippen LogP contribution is -2.21. The number of nitrogens with one attached hydrogen (secondary N) is 1. The molecule has 4 rings (SSSR count). The van der Waals surface area contributed by atoms with Crippen LogP contribution in [0.1, 0.15) is 77.0 Å². The van der Waals surface area contributed by atoms with E-state index in [1.807, 2.05) is 34.0 Å². The summed E-state index contributed by atoms with van der Waals surface area (Å²) in [5.74, 6) is 1.32. The van der Waals surface area contributed by atoms with E-state index in [-0.39, 0.29) is 5.41 Å². The summed E-state index contributed by atoms with van der Waals surface area (Å²) in [7, 11) is 0. The van der Waals surface area contributed by atoms with Crippen LogP contribution in [0.4, 0.5) is 0 Å². The zero-order valence-electron chi connectivity index (χ0n) is 25.0. The monoisotopic (exact) mass is 611 g/mol. The topological polar surface area (TPSA) is 21.3 Å². The Morgan fingerprint density at radius 2 is 1.32 bits per heavy atom. The van der Waals surface area contributed by atoms with E-state index < -0.39 is 0 Å². The highest BCUT2D eigenvalue weighted by Gasteiger charge is 2.28. The van der Waals surface area contributed by atoms with Crippen LogP contribution in [0.25, 0.3) is 35.0 Å². The molecule has 0 amide bonds. The van der Waals surface area contributed by atoms with Crippen LogP contribution in [0.5, 0.6) is 0 Å². The Morgan fingerprint density at radius 1 is 0.775 bits per heavy atom. The fourth-order valence-electron chi connectivity index (χ4n) is 4.84. The Balaban J connectivity index is 1.40. The molecule has 0 aliphatic heterocycles. The van der Waals surface area contributed by atoms with E-state index in [0.717, 1.165) is 24.8 Å². The van der Waals surface area contributed by atoms with Gasteiger partial charge in [-0.25, -0.2) is 0 Å². The molecule has 0 fully saturated rings. The first-order chi connectivity index (χ1) is 19.2. The van der Waals surface area contributed by atoms with Gasteiger partial charge in [0.2, 0.25) is 0 Å². The summed E-state index contributed by atoms with van der Waals surface area (Å²) in [6, 6.07) is 18.3. The minimum absolute atomic E-state index is 0.284. The molecule has 0 saturated carbocycles. The number of rotatable bonds is 16. The van der Waals surface area contributed by atoms with Crippen LogP contribution < -0.4 is 5.32 Å². The molecule has 1 N–H and O–H groups in total. The average molecular weight is 612 g/mol. The normalized spacial score (nSPS) is 13.3. The molecule has 0 aliphatic rings. The summed E-state index contributed by atoms with van der Waals surface area (Å²) < 4.78 is 5.68. The van der Waals surface area contributed by atoms with Crippen molar-refractivity contribution in [3.05, 3.63) is 64.9 Å². The second kappa shape index (κ2) is 14.5. The first-order valence-corrected chi connectivity index (χ1v) is 17.9. The van der Waals surface area contributed by atoms with E-state index in [1.165, 1.54) is 59.8 Å². The van der Waals surface area contributed by atoms with Gasteiger partial charge in [0.1, 0.15) is 0 Å². The van der Waals surface area contributed by atoms with Gasteiger partial charge in [0.15, 0.2) is 0 Å². The number of hydrogen-bond donors (Lipinski definition) is 1. The van der Waals surface area contributed by atoms with Crippen molar-refractivity contribution in [1.29, 1.82) is 0 Å². The van der Waals surface area contributed by atoms with Crippen LogP contribution in [0.3, 0.4) is 0 Å². The van der Waals surface area contributed by atoms with Crippen molar-refractivity contribution in [1.82, 2.24) is 5.32 Å². The molecule has 0 aromatic carbocycles. The molecular formula is C34H45NOS4. The third-order valence-electron chi connectivity index (χ3n) is 7.16. The molecule has 0 saturated heterocycles. The second-order valence-electron chi connectivity index (χ2n) is 11.8. The third kappa shape index (κ3) is 8.19. The Morgan fingerprint density at radius 3 is 1.90 bits per heavy atom. The van der Waals surface area contributed by atoms with Crippen molar-refractivity contribution < 1.29 is 4.74 Å². The van der Waals surface area contributed by atoms with E-state index in [0.29, 0.717) is 12.5 Å². The maximum absolute atomic E-state index is 5.68. The SMILES string of the molecule is C=C(NCCOCC(C)C)c1ccc(-c2ccc(-c3ccc(-c4ccc(C(C)(CCC)CCC(C)C)s4)s3)s2)s1. The molecule has 4 heterocycles. The number of hydrogen-bond acceptors (Lipinski definition) is 6. The smallest absolute Gasteiger partial charge is 0.0639 e. The van der Waals surface area contributed by atoms with Gasteiger partial charge in [0.25, 0.3) is 0 Å². The summed E-state index contributed by atoms with van der Waals surface area (Å²) in [6.07, 6.45) is 5.05. The average Bonchev–Trinajstić information content (AvgIpc) is 3.72. The predicted octanol–water partition coefficient (Wildman–Crippen LogP) is 11.7. The van der Waals surface area contributed by atoms with Gasteiger partial charge in [-0.15, -0.1) is 45.3 Å². The van der Waals surface area contributed by atoms with E-state index in [1.54, 1.807) is 16.2 Å². The molecule has 216 valence electrons. The fraction of sp³-hybridized carbons (Fsp3) is 0.471. The van der Waals surface area contributed by atoms with Crippen LogP contribution in [0, 0.1) is 11.8 Å². The van der Waals surface area contributed by atoms with Gasteiger partial charge < -0.3 is 10.1 Å². The lowest BCUT2D eigenvalue weighted by molar-refractivity contribution is 0.114. The molecule has 1 unspecified atom stereocenters. The fourth-order valence-corrected chi connectivity index (χ4v) is 9.29. The van der Waals surface area contributed by atoms with E-state index in [9.17, 15) is 0 Å². The van der Waals surface area contributed by atoms with Gasteiger partial charge in [-0.2, -0.15) is 0 Å². The van der Waals surface area contributed by atoms with Crippen molar-refractivity contribution in [2.24, 2.45) is 11.8 Å². The minimum atomic E-state index is 0.284. The lowest BCUT2D eigenvalue weighted by atomic mass is 9.78. The molecule has 0 aliphatic carbocycles. The van der Waals surface area contributed by atoms with Crippen LogP contribution in [0.15, 0.2) is 55.1 Å². The predicted molar refractivity (Wildman–Crippen MR) is 183 cm³/mol. The summed E-state index contributed by atoms with van der Waals surface area (Å²) in [5.41, 5.74) is 1.26. The number of thiophene rings is 4. The molecule has 4 aromatic heterocycles. The van der Waals surface area contributed by atoms with E-state index in [4.69, 9.17) is 4.74 Å². The first-order valence-electron chi connectivity index (χ1n) is 14.6. The molecular weight excluding hydrogens is 567 g/mol. The highest BCUT2D eigenvalue weighted by molar-refractivity contribution is 7.28. The first kappa shape index (κ1) is 31.2. The van der Waals surface area contributed by atoms with Gasteiger partial charge in [-0.3, -0.25) is 0 Å². The maximum atomic E-state index is 5.68. The van der Waals surface area contributed by atoms with E-state index >= 15 is 0 Å². The summed E-state index contributed by atoms with van der Waals surface area (Å²) in [5, 5.41) is 3.41. The van der Waals surface area contributed by atoms with Crippen molar-refractivity contribution >= 4 is 51.0 Å². The summed E-state index contributed by atoms with van der Waals surface area (Å²) in [4.78, 5) is 10.8. The highest BCUT2D eigenvalue weighted by atomic mass is 32.1. The van der Waals surface area contributed by atoms with Crippen LogP contribution in [-0.2, 0) is 10.2 Å². The van der Waals surface area contributed by atoms with Crippen LogP contribution in [-0.4, -0.2) is 19.8 Å². The molecule has 6 heteroatoms. The minimum Gasteiger partial charge on any atom is -0.382 e. The van der Waals surface area contributed by atoms with Gasteiger partial charge in [-0.05, 0) is 73.2 Å². The van der Waals surface area contributed by atoms with Crippen molar-refractivity contribution in [3.63, 3.8) is 0 Å². The van der Waals surface area contributed by atoms with E-state index in [2.05, 4.69) is 102 Å². The Kier molecular flexibility index (Phi) is 11.3. The molecule has 0 bridgehead atoms. The maximum Gasteiger partial charge on any atom is 0.0639 e. The lowest BCUT2D eigenvalue weighted by Gasteiger charge is -2.29. The van der Waals surface area contributed by atoms with Crippen molar-refractivity contribution in [3.8, 4) is 29.3 Å². The third-order valence-corrected chi connectivity index (χ3v) is 12.5. The van der Waals surface area contributed by atoms with Gasteiger partial charge in [0, 0.05) is 58.4 Å². The zero-order chi connectivity index (χ0) is 28.7. The molecule has 4 aromatic rings. The zero-order valence-corrected chi connectivity index (χ0v) is 28.2. The van der Waals surface area contributed by atoms with Gasteiger partial charge >= 0.3 is 0 Å². The second-order valence-corrected chi connectivity index (χ2v) is 16.1. The molecule has 40 heavy (non-hydrogen) atoms. The molecule has 0 radical (unpaired) electrons. The van der Waals surface area contributed by atoms with Crippen molar-refractivity contribution in [2.45, 2.75) is 72.6 Å². The van der Waals surface area contributed by atoms with Crippen LogP contribution >= 0.6 is 45.3 Å². The molecule has 0 spiro atoms. The van der Waals surface area contributed by atoms with Gasteiger partial charge in [0.05, 0.1) is 11.5 Å². The van der Waals surface area contributed by atoms with Crippen LogP contribution in [0.2, 0.25) is 0 Å². The Bertz CT molecular complexity index is 1350. The number of ether oxygens (including phenoxy) is 1. The highest BCUT2D eigenvalue weighted by Crippen LogP contribution is 2.46. The quantitative estimate of drug-likeness (QED) is 0.127. The van der Waals surface area contributed by atoms with Crippen molar-refractivity contribution in [2.75, 3.05) is 19.8 Å². The largest absolute Gasteiger partial charge is 0.382 e. The van der Waals surface area contributed by atoms with Gasteiger partial charge in [-0.1, -0.05) is 61.0 Å². The molecule has 1 atom stereocenters.